The van der Waals surface area contributed by atoms with Crippen molar-refractivity contribution in [2.24, 2.45) is 0 Å². The Kier molecular flexibility index (Phi) is 5.68. The maximum atomic E-state index is 11.8. The van der Waals surface area contributed by atoms with Crippen LogP contribution < -0.4 is 9.47 Å². The second kappa shape index (κ2) is 7.56. The Morgan fingerprint density at radius 1 is 0.960 bits per heavy atom. The highest BCUT2D eigenvalue weighted by Gasteiger charge is 2.22. The zero-order chi connectivity index (χ0) is 18.7. The van der Waals surface area contributed by atoms with E-state index in [1.807, 2.05) is 26.8 Å². The number of carbonyl (C=O) groups excluding carboxylic acids is 1. The quantitative estimate of drug-likeness (QED) is 0.428. The van der Waals surface area contributed by atoms with Gasteiger partial charge in [-0.15, -0.1) is 0 Å². The molecule has 0 saturated heterocycles. The maximum Gasteiger partial charge on any atom is 0.335 e. The van der Waals surface area contributed by atoms with Crippen LogP contribution in [0.5, 0.6) is 11.5 Å². The number of carbonyl (C=O) groups is 1. The third kappa shape index (κ3) is 3.93. The van der Waals surface area contributed by atoms with Crippen LogP contribution in [0.4, 0.5) is 0 Å². The number of rotatable bonds is 5. The van der Waals surface area contributed by atoms with E-state index in [9.17, 15) is 4.79 Å². The lowest BCUT2D eigenvalue weighted by molar-refractivity contribution is -0.129. The van der Waals surface area contributed by atoms with Crippen molar-refractivity contribution in [2.75, 3.05) is 7.11 Å². The van der Waals surface area contributed by atoms with E-state index in [1.165, 1.54) is 11.6 Å². The highest BCUT2D eigenvalue weighted by atomic mass is 16.5. The minimum atomic E-state index is -0.451. The fraction of sp³-hybridized carbons (Fsp3) is 0.318. The lowest BCUT2D eigenvalue weighted by Crippen LogP contribution is -2.10. The highest BCUT2D eigenvalue weighted by Crippen LogP contribution is 2.40. The summed E-state index contributed by atoms with van der Waals surface area (Å²) in [7, 11) is 1.69. The maximum absolute atomic E-state index is 11.8. The third-order valence-electron chi connectivity index (χ3n) is 4.40. The molecule has 0 N–H and O–H groups in total. The smallest absolute Gasteiger partial charge is 0.335 e. The second-order valence-corrected chi connectivity index (χ2v) is 6.55. The summed E-state index contributed by atoms with van der Waals surface area (Å²) in [5.74, 6) is 1.04. The van der Waals surface area contributed by atoms with E-state index in [0.717, 1.165) is 33.6 Å². The minimum absolute atomic E-state index is 0.0137. The van der Waals surface area contributed by atoms with Crippen molar-refractivity contribution in [3.8, 4) is 11.5 Å². The molecule has 0 heterocycles. The van der Waals surface area contributed by atoms with Crippen molar-refractivity contribution in [1.29, 1.82) is 0 Å². The topological polar surface area (TPSA) is 35.5 Å². The van der Waals surface area contributed by atoms with Crippen LogP contribution in [-0.2, 0) is 4.79 Å². The van der Waals surface area contributed by atoms with Gasteiger partial charge in [0.2, 0.25) is 0 Å². The summed E-state index contributed by atoms with van der Waals surface area (Å²) in [5, 5.41) is 0. The first kappa shape index (κ1) is 18.8. The van der Waals surface area contributed by atoms with Crippen molar-refractivity contribution >= 4 is 5.97 Å². The molecule has 2 aromatic carbocycles. The van der Waals surface area contributed by atoms with Gasteiger partial charge < -0.3 is 9.47 Å². The van der Waals surface area contributed by atoms with E-state index in [1.54, 1.807) is 7.11 Å². The molecular weight excluding hydrogens is 312 g/mol. The number of hydrogen-bond donors (Lipinski definition) is 0. The van der Waals surface area contributed by atoms with Crippen LogP contribution in [-0.4, -0.2) is 13.1 Å². The number of methoxy groups -OCH3 is 1. The van der Waals surface area contributed by atoms with Crippen LogP contribution in [0.15, 0.2) is 36.9 Å². The minimum Gasteiger partial charge on any atom is -0.496 e. The van der Waals surface area contributed by atoms with Crippen molar-refractivity contribution in [1.82, 2.24) is 0 Å². The van der Waals surface area contributed by atoms with Gasteiger partial charge in [0, 0.05) is 23.1 Å². The van der Waals surface area contributed by atoms with Gasteiger partial charge in [-0.3, -0.25) is 0 Å². The van der Waals surface area contributed by atoms with Gasteiger partial charge in [-0.05, 0) is 38.8 Å². The number of hydrogen-bond acceptors (Lipinski definition) is 3. The Balaban J connectivity index is 2.65. The molecule has 0 aromatic heterocycles. The summed E-state index contributed by atoms with van der Waals surface area (Å²) in [5.41, 5.74) is 6.38. The molecular formula is C22H26O3. The summed E-state index contributed by atoms with van der Waals surface area (Å²) in [6.07, 6.45) is 1.19. The van der Waals surface area contributed by atoms with Crippen LogP contribution in [0.3, 0.4) is 0 Å². The van der Waals surface area contributed by atoms with Gasteiger partial charge in [0.25, 0.3) is 0 Å². The lowest BCUT2D eigenvalue weighted by atomic mass is 9.87. The van der Waals surface area contributed by atoms with Gasteiger partial charge in [0.1, 0.15) is 11.5 Å². The third-order valence-corrected chi connectivity index (χ3v) is 4.40. The molecule has 0 aliphatic rings. The molecule has 0 fully saturated rings. The summed E-state index contributed by atoms with van der Waals surface area (Å²) >= 11 is 0. The van der Waals surface area contributed by atoms with Crippen LogP contribution in [0.2, 0.25) is 0 Å². The second-order valence-electron chi connectivity index (χ2n) is 6.55. The highest BCUT2D eigenvalue weighted by molar-refractivity contribution is 5.84. The fourth-order valence-electron chi connectivity index (χ4n) is 3.35. The molecule has 0 aliphatic carbocycles. The Morgan fingerprint density at radius 3 is 1.92 bits per heavy atom. The molecule has 1 unspecified atom stereocenters. The van der Waals surface area contributed by atoms with Crippen LogP contribution >= 0.6 is 0 Å². The summed E-state index contributed by atoms with van der Waals surface area (Å²) < 4.78 is 11.2. The molecule has 0 bridgehead atoms. The lowest BCUT2D eigenvalue weighted by Gasteiger charge is -2.22. The van der Waals surface area contributed by atoms with E-state index >= 15 is 0 Å². The fourth-order valence-corrected chi connectivity index (χ4v) is 3.35. The van der Waals surface area contributed by atoms with Crippen LogP contribution in [0.1, 0.15) is 46.2 Å². The van der Waals surface area contributed by atoms with Crippen LogP contribution in [0, 0.1) is 27.7 Å². The largest absolute Gasteiger partial charge is 0.496 e. The zero-order valence-corrected chi connectivity index (χ0v) is 15.9. The van der Waals surface area contributed by atoms with Crippen molar-refractivity contribution in [3.05, 3.63) is 70.3 Å². The molecule has 1 atom stereocenters. The number of benzene rings is 2. The van der Waals surface area contributed by atoms with E-state index in [-0.39, 0.29) is 5.92 Å². The number of esters is 1. The van der Waals surface area contributed by atoms with E-state index in [2.05, 4.69) is 38.6 Å². The van der Waals surface area contributed by atoms with E-state index in [4.69, 9.17) is 9.47 Å². The Bertz CT molecular complexity index is 819. The average molecular weight is 338 g/mol. The SMILES string of the molecule is C=CC(=O)Oc1c(C)cc(C)cc1C(C)c1cc(C)cc(C)c1OC. The van der Waals surface area contributed by atoms with Gasteiger partial charge in [-0.1, -0.05) is 48.9 Å². The standard InChI is InChI=1S/C22H26O3/c1-8-20(23)25-22-16(5)10-14(3)12-19(22)17(6)18-11-13(2)9-15(4)21(18)24-7/h8-12,17H,1H2,2-7H3. The molecule has 0 radical (unpaired) electrons. The van der Waals surface area contributed by atoms with Gasteiger partial charge >= 0.3 is 5.97 Å². The van der Waals surface area contributed by atoms with Gasteiger partial charge in [-0.25, -0.2) is 4.79 Å². The molecule has 25 heavy (non-hydrogen) atoms. The van der Waals surface area contributed by atoms with Crippen LogP contribution in [0.25, 0.3) is 0 Å². The molecule has 0 aliphatic heterocycles. The van der Waals surface area contributed by atoms with Crippen molar-refractivity contribution in [3.63, 3.8) is 0 Å². The predicted molar refractivity (Wildman–Crippen MR) is 102 cm³/mol. The summed E-state index contributed by atoms with van der Waals surface area (Å²) in [6, 6.07) is 8.32. The Hall–Kier alpha value is -2.55. The molecule has 0 saturated carbocycles. The Morgan fingerprint density at radius 2 is 1.44 bits per heavy atom. The van der Waals surface area contributed by atoms with Crippen molar-refractivity contribution in [2.45, 2.75) is 40.5 Å². The molecule has 2 aromatic rings. The molecule has 3 nitrogen and oxygen atoms in total. The number of aryl methyl sites for hydroxylation is 4. The van der Waals surface area contributed by atoms with Gasteiger partial charge in [-0.2, -0.15) is 0 Å². The monoisotopic (exact) mass is 338 g/mol. The van der Waals surface area contributed by atoms with E-state index in [0.29, 0.717) is 5.75 Å². The average Bonchev–Trinajstić information content (AvgIpc) is 2.55. The molecule has 3 heteroatoms. The van der Waals surface area contributed by atoms with E-state index < -0.39 is 5.97 Å². The predicted octanol–water partition coefficient (Wildman–Crippen LogP) is 5.17. The first-order valence-electron chi connectivity index (χ1n) is 8.39. The first-order valence-corrected chi connectivity index (χ1v) is 8.39. The number of ether oxygens (including phenoxy) is 2. The summed E-state index contributed by atoms with van der Waals surface area (Å²) in [4.78, 5) is 11.8. The van der Waals surface area contributed by atoms with Gasteiger partial charge in [0.05, 0.1) is 7.11 Å². The molecule has 2 rings (SSSR count). The van der Waals surface area contributed by atoms with Gasteiger partial charge in [0.15, 0.2) is 0 Å². The molecule has 132 valence electrons. The summed E-state index contributed by atoms with van der Waals surface area (Å²) in [6.45, 7) is 13.7. The Labute approximate surface area is 150 Å². The normalized spacial score (nSPS) is 11.8. The molecule has 0 spiro atoms. The first-order chi connectivity index (χ1) is 11.8. The molecule has 0 amide bonds. The zero-order valence-electron chi connectivity index (χ0n) is 15.9. The van der Waals surface area contributed by atoms with Crippen molar-refractivity contribution < 1.29 is 14.3 Å².